The maximum absolute atomic E-state index is 13.3. The van der Waals surface area contributed by atoms with Crippen molar-refractivity contribution in [1.29, 1.82) is 5.41 Å². The summed E-state index contributed by atoms with van der Waals surface area (Å²) in [6.45, 7) is 9.00. The van der Waals surface area contributed by atoms with Crippen molar-refractivity contribution in [3.8, 4) is 0 Å². The van der Waals surface area contributed by atoms with Crippen LogP contribution < -0.4 is 10.2 Å². The van der Waals surface area contributed by atoms with E-state index in [1.165, 1.54) is 12.1 Å². The molecule has 0 spiro atoms. The second-order valence-electron chi connectivity index (χ2n) is 9.02. The Bertz CT molecular complexity index is 943. The molecule has 166 valence electrons. The Hall–Kier alpha value is -2.80. The predicted octanol–water partition coefficient (Wildman–Crippen LogP) is 4.79. The average Bonchev–Trinajstić information content (AvgIpc) is 2.73. The van der Waals surface area contributed by atoms with Crippen LogP contribution in [0.15, 0.2) is 30.3 Å². The Morgan fingerprint density at radius 2 is 1.90 bits per heavy atom. The summed E-state index contributed by atoms with van der Waals surface area (Å²) in [5, 5.41) is 22.3. The molecule has 1 aromatic heterocycles. The van der Waals surface area contributed by atoms with E-state index in [2.05, 4.69) is 15.2 Å². The zero-order chi connectivity index (χ0) is 22.8. The van der Waals surface area contributed by atoms with Crippen molar-refractivity contribution in [2.75, 3.05) is 23.3 Å². The van der Waals surface area contributed by atoms with Gasteiger partial charge in [0.15, 0.2) is 6.29 Å². The molecule has 0 atom stereocenters. The number of halogens is 1. The molecule has 1 saturated heterocycles. The molecule has 3 rings (SSSR count). The van der Waals surface area contributed by atoms with E-state index < -0.39 is 5.60 Å². The first kappa shape index (κ1) is 22.9. The van der Waals surface area contributed by atoms with Gasteiger partial charge in [-0.25, -0.2) is 9.37 Å². The van der Waals surface area contributed by atoms with E-state index in [0.717, 1.165) is 18.5 Å². The van der Waals surface area contributed by atoms with Gasteiger partial charge in [0, 0.05) is 24.5 Å². The molecule has 0 bridgehead atoms. The zero-order valence-electron chi connectivity index (χ0n) is 18.6. The Kier molecular flexibility index (Phi) is 6.74. The first-order chi connectivity index (χ1) is 14.6. The van der Waals surface area contributed by atoms with Crippen LogP contribution in [-0.4, -0.2) is 40.8 Å². The molecule has 0 radical (unpaired) electrons. The highest BCUT2D eigenvalue weighted by atomic mass is 19.1. The van der Waals surface area contributed by atoms with Gasteiger partial charge in [0.2, 0.25) is 0 Å². The van der Waals surface area contributed by atoms with Crippen molar-refractivity contribution in [3.05, 3.63) is 47.4 Å². The number of aromatic nitrogens is 1. The number of aldehydes is 1. The lowest BCUT2D eigenvalue weighted by atomic mass is 9.83. The lowest BCUT2D eigenvalue weighted by molar-refractivity contribution is 0.00651. The molecule has 0 saturated carbocycles. The molecule has 1 fully saturated rings. The second kappa shape index (κ2) is 9.14. The predicted molar refractivity (Wildman–Crippen MR) is 122 cm³/mol. The SMILES string of the molecule is CC(C)C(=N)c1c(N2CCC(C(C)(C)O)CC2)cc(C=O)nc1Nc1ccc(F)cc1. The van der Waals surface area contributed by atoms with Crippen LogP contribution in [0, 0.1) is 23.1 Å². The van der Waals surface area contributed by atoms with Crippen molar-refractivity contribution in [3.63, 3.8) is 0 Å². The fourth-order valence-corrected chi connectivity index (χ4v) is 4.00. The molecule has 1 aliphatic rings. The van der Waals surface area contributed by atoms with E-state index >= 15 is 0 Å². The van der Waals surface area contributed by atoms with Crippen molar-refractivity contribution in [2.45, 2.75) is 46.1 Å². The lowest BCUT2D eigenvalue weighted by Crippen LogP contribution is -2.42. The average molecular weight is 427 g/mol. The van der Waals surface area contributed by atoms with Gasteiger partial charge in [0.05, 0.1) is 16.9 Å². The first-order valence-electron chi connectivity index (χ1n) is 10.7. The summed E-state index contributed by atoms with van der Waals surface area (Å²) in [6.07, 6.45) is 2.33. The molecule has 7 heteroatoms. The van der Waals surface area contributed by atoms with E-state index in [0.29, 0.717) is 42.2 Å². The highest BCUT2D eigenvalue weighted by molar-refractivity contribution is 6.09. The number of benzene rings is 1. The third kappa shape index (κ3) is 5.28. The molecule has 1 aliphatic heterocycles. The monoisotopic (exact) mass is 426 g/mol. The number of hydrogen-bond donors (Lipinski definition) is 3. The highest BCUT2D eigenvalue weighted by Gasteiger charge is 2.32. The maximum Gasteiger partial charge on any atom is 0.168 e. The number of carbonyl (C=O) groups excluding carboxylic acids is 1. The number of anilines is 3. The van der Waals surface area contributed by atoms with Gasteiger partial charge in [0.25, 0.3) is 0 Å². The summed E-state index contributed by atoms with van der Waals surface area (Å²) >= 11 is 0. The minimum atomic E-state index is -0.735. The van der Waals surface area contributed by atoms with E-state index in [-0.39, 0.29) is 23.3 Å². The second-order valence-corrected chi connectivity index (χ2v) is 9.02. The van der Waals surface area contributed by atoms with Crippen LogP contribution in [0.2, 0.25) is 0 Å². The topological polar surface area (TPSA) is 89.3 Å². The van der Waals surface area contributed by atoms with E-state index in [1.807, 2.05) is 27.7 Å². The van der Waals surface area contributed by atoms with Gasteiger partial charge in [-0.15, -0.1) is 0 Å². The van der Waals surface area contributed by atoms with Crippen molar-refractivity contribution in [2.24, 2.45) is 11.8 Å². The third-order valence-electron chi connectivity index (χ3n) is 5.93. The number of piperidine rings is 1. The summed E-state index contributed by atoms with van der Waals surface area (Å²) in [5.74, 6) is 0.214. The molecule has 1 aromatic carbocycles. The molecule has 2 aromatic rings. The van der Waals surface area contributed by atoms with Gasteiger partial charge < -0.3 is 20.7 Å². The van der Waals surface area contributed by atoms with Gasteiger partial charge in [-0.2, -0.15) is 0 Å². The van der Waals surface area contributed by atoms with Crippen LogP contribution >= 0.6 is 0 Å². The molecular formula is C24H31FN4O2. The van der Waals surface area contributed by atoms with Crippen molar-refractivity contribution < 1.29 is 14.3 Å². The van der Waals surface area contributed by atoms with Crippen LogP contribution in [0.25, 0.3) is 0 Å². The number of rotatable bonds is 7. The number of carbonyl (C=O) groups is 1. The fourth-order valence-electron chi connectivity index (χ4n) is 4.00. The number of hydrogen-bond acceptors (Lipinski definition) is 6. The Morgan fingerprint density at radius 1 is 1.29 bits per heavy atom. The minimum absolute atomic E-state index is 0.0506. The Labute approximate surface area is 183 Å². The fraction of sp³-hybridized carbons (Fsp3) is 0.458. The molecule has 31 heavy (non-hydrogen) atoms. The summed E-state index contributed by atoms with van der Waals surface area (Å²) in [5.41, 5.74) is 2.00. The summed E-state index contributed by atoms with van der Waals surface area (Å²) in [7, 11) is 0. The van der Waals surface area contributed by atoms with Crippen LogP contribution in [-0.2, 0) is 0 Å². The largest absolute Gasteiger partial charge is 0.390 e. The van der Waals surface area contributed by atoms with E-state index in [9.17, 15) is 14.3 Å². The van der Waals surface area contributed by atoms with Gasteiger partial charge in [0.1, 0.15) is 17.3 Å². The molecule has 0 amide bonds. The Morgan fingerprint density at radius 3 is 2.42 bits per heavy atom. The summed E-state index contributed by atoms with van der Waals surface area (Å²) < 4.78 is 13.3. The summed E-state index contributed by atoms with van der Waals surface area (Å²) in [4.78, 5) is 18.3. The molecule has 3 N–H and O–H groups in total. The van der Waals surface area contributed by atoms with Crippen LogP contribution in [0.5, 0.6) is 0 Å². The lowest BCUT2D eigenvalue weighted by Gasteiger charge is -2.39. The zero-order valence-corrected chi connectivity index (χ0v) is 18.6. The number of nitrogens with one attached hydrogen (secondary N) is 2. The molecular weight excluding hydrogens is 395 g/mol. The number of aliphatic hydroxyl groups is 1. The minimum Gasteiger partial charge on any atom is -0.390 e. The first-order valence-corrected chi connectivity index (χ1v) is 10.7. The molecule has 0 unspecified atom stereocenters. The quantitative estimate of drug-likeness (QED) is 0.438. The van der Waals surface area contributed by atoms with Crippen LogP contribution in [0.3, 0.4) is 0 Å². The smallest absolute Gasteiger partial charge is 0.168 e. The normalized spacial score (nSPS) is 15.3. The standard InChI is InChI=1S/C24H31FN4O2/c1-15(2)22(26)21-20(29-11-9-16(10-12-29)24(3,4)31)13-19(14-30)28-23(21)27-18-7-5-17(25)6-8-18/h5-8,13-16,26,31H,9-12H2,1-4H3,(H,27,28). The third-order valence-corrected chi connectivity index (χ3v) is 5.93. The van der Waals surface area contributed by atoms with Crippen LogP contribution in [0.1, 0.15) is 56.6 Å². The molecule has 0 aliphatic carbocycles. The van der Waals surface area contributed by atoms with Crippen molar-refractivity contribution >= 4 is 29.2 Å². The van der Waals surface area contributed by atoms with Crippen LogP contribution in [0.4, 0.5) is 21.6 Å². The highest BCUT2D eigenvalue weighted by Crippen LogP contribution is 2.36. The maximum atomic E-state index is 13.3. The van der Waals surface area contributed by atoms with Gasteiger partial charge in [-0.05, 0) is 68.9 Å². The van der Waals surface area contributed by atoms with E-state index in [4.69, 9.17) is 5.41 Å². The van der Waals surface area contributed by atoms with Crippen molar-refractivity contribution in [1.82, 2.24) is 4.98 Å². The van der Waals surface area contributed by atoms with Gasteiger partial charge in [-0.3, -0.25) is 4.79 Å². The summed E-state index contributed by atoms with van der Waals surface area (Å²) in [6, 6.07) is 7.63. The molecule has 6 nitrogen and oxygen atoms in total. The number of nitrogens with zero attached hydrogens (tertiary/aromatic N) is 2. The molecule has 2 heterocycles. The van der Waals surface area contributed by atoms with Gasteiger partial charge in [-0.1, -0.05) is 13.8 Å². The van der Waals surface area contributed by atoms with Gasteiger partial charge >= 0.3 is 0 Å². The Balaban J connectivity index is 2.04. The number of pyridine rings is 1. The van der Waals surface area contributed by atoms with E-state index in [1.54, 1.807) is 18.2 Å².